The van der Waals surface area contributed by atoms with Crippen molar-refractivity contribution >= 4 is 64.4 Å². The molecule has 1 unspecified atom stereocenters. The van der Waals surface area contributed by atoms with Crippen LogP contribution in [0.15, 0.2) is 17.1 Å². The molecule has 0 saturated carbocycles. The summed E-state index contributed by atoms with van der Waals surface area (Å²) >= 11 is 0. The number of allylic oxidation sites excluding steroid dienone is 3. The van der Waals surface area contributed by atoms with Crippen LogP contribution >= 0.6 is 0 Å². The predicted molar refractivity (Wildman–Crippen MR) is 165 cm³/mol. The Bertz CT molecular complexity index is 1720. The maximum absolute atomic E-state index is 13.1. The summed E-state index contributed by atoms with van der Waals surface area (Å²) in [6.07, 6.45) is 6.82. The molecule has 1 aliphatic carbocycles. The molecule has 0 spiro atoms. The number of aliphatic hydroxyl groups excluding tert-OH is 1. The number of hydrogen-bond acceptors (Lipinski definition) is 4. The zero-order valence-corrected chi connectivity index (χ0v) is 27.0. The largest absolute Gasteiger partial charge is 2.00 e. The van der Waals surface area contributed by atoms with Crippen molar-refractivity contribution in [2.45, 2.75) is 60.9 Å². The van der Waals surface area contributed by atoms with E-state index in [9.17, 15) is 14.7 Å². The Morgan fingerprint density at radius 3 is 2.21 bits per heavy atom. The van der Waals surface area contributed by atoms with Crippen LogP contribution in [0.4, 0.5) is 0 Å². The average molecular weight is 577 g/mol. The van der Waals surface area contributed by atoms with E-state index in [1.165, 1.54) is 7.11 Å². The first-order valence-corrected chi connectivity index (χ1v) is 14.4. The minimum Gasteiger partial charge on any atom is -0.681 e. The van der Waals surface area contributed by atoms with E-state index in [2.05, 4.69) is 27.7 Å². The van der Waals surface area contributed by atoms with Gasteiger partial charge in [0.15, 0.2) is 5.78 Å². The van der Waals surface area contributed by atoms with Crippen LogP contribution in [-0.2, 0) is 9.53 Å². The Kier molecular flexibility index (Phi) is 7.81. The van der Waals surface area contributed by atoms with Crippen LogP contribution in [0.2, 0.25) is 0 Å². The molecule has 2 fully saturated rings. The number of ketones is 1. The van der Waals surface area contributed by atoms with Crippen molar-refractivity contribution in [3.05, 3.63) is 72.1 Å². The van der Waals surface area contributed by atoms with Gasteiger partial charge in [-0.15, -0.1) is 22.4 Å². The maximum Gasteiger partial charge on any atom is 2.00 e. The van der Waals surface area contributed by atoms with Crippen LogP contribution < -0.4 is 20.5 Å². The monoisotopic (exact) mass is 576 g/mol. The van der Waals surface area contributed by atoms with Crippen LogP contribution in [0.5, 0.6) is 0 Å². The molecule has 8 bridgehead atoms. The fraction of sp³-hybridized carbons (Fsp3) is 0.455. The number of fused-ring (bicyclic) bond motifs is 8. The van der Waals surface area contributed by atoms with E-state index in [-0.39, 0.29) is 64.3 Å². The van der Waals surface area contributed by atoms with Gasteiger partial charge in [0.2, 0.25) is 0 Å². The third-order valence-corrected chi connectivity index (χ3v) is 9.75. The Morgan fingerprint density at radius 2 is 1.57 bits per heavy atom. The summed E-state index contributed by atoms with van der Waals surface area (Å²) < 4.78 is 5.16. The summed E-state index contributed by atoms with van der Waals surface area (Å²) in [5, 5.41) is 22.9. The normalized spacial score (nSPS) is 31.2. The molecule has 0 radical (unpaired) electrons. The zero-order valence-electron chi connectivity index (χ0n) is 25.6. The number of carbonyl (C=O) groups excluding carboxylic acids is 2. The molecule has 42 heavy (non-hydrogen) atoms. The standard InChI is InChI=1S/C33H37N4O4.Mg/c1-9-19-15(4)21-12-25-26(18(7)38)16(5)22(35-25)10-20-13(2)14(3)30(36-20)28-29(33(40)41-8)32(39)27-17(6)23(37-31(27)28)11-24(19)34-21;/h10-15,19,29-30H,9H2,1-8H3,(H2-,34,35,38,39);/q-3;+2/p-1/b20-10-,24-11-;/t13-,14-,15+,19+,29+,30?;/m0./s1. The van der Waals surface area contributed by atoms with Crippen molar-refractivity contribution in [2.24, 2.45) is 29.6 Å². The van der Waals surface area contributed by atoms with Crippen molar-refractivity contribution < 1.29 is 19.4 Å². The molecule has 5 heterocycles. The number of aliphatic hydroxyl groups is 1. The van der Waals surface area contributed by atoms with E-state index >= 15 is 0 Å². The fourth-order valence-electron chi connectivity index (χ4n) is 7.15. The van der Waals surface area contributed by atoms with Gasteiger partial charge in [0.05, 0.1) is 7.11 Å². The van der Waals surface area contributed by atoms with Crippen LogP contribution in [0.25, 0.3) is 40.2 Å². The van der Waals surface area contributed by atoms with Gasteiger partial charge >= 0.3 is 29.0 Å². The molecule has 1 N–H and O–H groups in total. The quantitative estimate of drug-likeness (QED) is 0.327. The SMILES string of the molecule is CC[C@H]1/C2=C/c3[n-]c4c(c3C)=C(O)[C@H](C(=O)OC)C=4C3[N-]/C(=C\c4[n-]c(c(C(C)=O)c4C)/C=C(\[N-]2)[C@@H]1C)[C@@H](C)[C@@H]3C.[Mg+2]. The minimum atomic E-state index is -0.955. The molecule has 216 valence electrons. The summed E-state index contributed by atoms with van der Waals surface area (Å²) in [5.74, 6) is -1.19. The molecule has 2 aromatic heterocycles. The molecular formula is C33H36MgN4O4-2. The van der Waals surface area contributed by atoms with Gasteiger partial charge in [-0.3, -0.25) is 9.59 Å². The van der Waals surface area contributed by atoms with Gasteiger partial charge in [-0.2, -0.15) is 17.1 Å². The topological polar surface area (TPSA) is 120 Å². The first kappa shape index (κ1) is 30.3. The second-order valence-electron chi connectivity index (χ2n) is 11.9. The Labute approximate surface area is 262 Å². The summed E-state index contributed by atoms with van der Waals surface area (Å²) in [5.41, 5.74) is 7.60. The second kappa shape index (κ2) is 10.8. The number of methoxy groups -OCH3 is 1. The predicted octanol–water partition coefficient (Wildman–Crippen LogP) is 4.47. The minimum absolute atomic E-state index is 0. The van der Waals surface area contributed by atoms with Crippen LogP contribution in [0, 0.1) is 43.4 Å². The first-order valence-electron chi connectivity index (χ1n) is 14.4. The molecule has 6 atom stereocenters. The summed E-state index contributed by atoms with van der Waals surface area (Å²) in [4.78, 5) is 35.9. The van der Waals surface area contributed by atoms with Crippen molar-refractivity contribution in [1.29, 1.82) is 0 Å². The number of esters is 1. The van der Waals surface area contributed by atoms with Gasteiger partial charge in [0.25, 0.3) is 0 Å². The van der Waals surface area contributed by atoms with E-state index in [1.54, 1.807) is 6.92 Å². The van der Waals surface area contributed by atoms with Gasteiger partial charge in [-0.25, -0.2) is 0 Å². The number of aromatic nitrogens is 2. The van der Waals surface area contributed by atoms with Crippen LogP contribution in [-0.4, -0.2) is 53.1 Å². The molecule has 6 rings (SSSR count). The molecule has 8 nitrogen and oxygen atoms in total. The van der Waals surface area contributed by atoms with E-state index in [4.69, 9.17) is 25.3 Å². The van der Waals surface area contributed by atoms with Gasteiger partial charge in [0.1, 0.15) is 11.7 Å². The maximum atomic E-state index is 13.1. The van der Waals surface area contributed by atoms with Gasteiger partial charge < -0.3 is 30.4 Å². The molecule has 4 aliphatic rings. The Morgan fingerprint density at radius 1 is 0.929 bits per heavy atom. The van der Waals surface area contributed by atoms with Crippen molar-refractivity contribution in [3.63, 3.8) is 0 Å². The van der Waals surface area contributed by atoms with E-state index < -0.39 is 11.9 Å². The summed E-state index contributed by atoms with van der Waals surface area (Å²) in [6, 6.07) is -0.389. The first-order chi connectivity index (χ1) is 19.5. The molecule has 2 saturated heterocycles. The van der Waals surface area contributed by atoms with Gasteiger partial charge in [0, 0.05) is 10.8 Å². The molecule has 9 heteroatoms. The summed E-state index contributed by atoms with van der Waals surface area (Å²) in [7, 11) is 1.33. The molecule has 2 aromatic rings. The number of hydrogen-bond donors (Lipinski definition) is 1. The van der Waals surface area contributed by atoms with E-state index in [0.717, 1.165) is 40.3 Å². The smallest absolute Gasteiger partial charge is 0.681 e. The van der Waals surface area contributed by atoms with Crippen LogP contribution in [0.1, 0.15) is 79.6 Å². The zero-order chi connectivity index (χ0) is 29.5. The third kappa shape index (κ3) is 4.30. The second-order valence-corrected chi connectivity index (χ2v) is 11.9. The van der Waals surface area contributed by atoms with Gasteiger partial charge in [-0.1, -0.05) is 75.1 Å². The Balaban J connectivity index is 0.00000353. The fourth-order valence-corrected chi connectivity index (χ4v) is 7.15. The van der Waals surface area contributed by atoms with Crippen molar-refractivity contribution in [1.82, 2.24) is 9.97 Å². The molecule has 0 aromatic carbocycles. The van der Waals surface area contributed by atoms with E-state index in [0.29, 0.717) is 33.1 Å². The van der Waals surface area contributed by atoms with Crippen molar-refractivity contribution in [3.8, 4) is 0 Å². The number of Topliss-reactive ketones (excluding diaryl/α,β-unsaturated/α-hetero) is 1. The van der Waals surface area contributed by atoms with Gasteiger partial charge in [-0.05, 0) is 44.4 Å². The third-order valence-electron chi connectivity index (χ3n) is 9.75. The number of ether oxygens (including phenoxy) is 1. The molecule has 0 amide bonds. The number of nitrogens with zero attached hydrogens (tertiary/aromatic N) is 4. The molecule has 3 aliphatic heterocycles. The summed E-state index contributed by atoms with van der Waals surface area (Å²) in [6.45, 7) is 13.9. The number of rotatable bonds is 3. The van der Waals surface area contributed by atoms with E-state index in [1.807, 2.05) is 32.1 Å². The van der Waals surface area contributed by atoms with Crippen molar-refractivity contribution in [2.75, 3.05) is 7.11 Å². The Hall–Kier alpha value is -3.17. The van der Waals surface area contributed by atoms with Crippen LogP contribution in [0.3, 0.4) is 0 Å². The molecular weight excluding hydrogens is 541 g/mol. The average Bonchev–Trinajstić information content (AvgIpc) is 3.66. The number of carbonyl (C=O) groups is 2.